The maximum absolute atomic E-state index is 5.24. The van der Waals surface area contributed by atoms with Crippen LogP contribution in [0.15, 0.2) is 24.3 Å². The summed E-state index contributed by atoms with van der Waals surface area (Å²) >= 11 is 0. The van der Waals surface area contributed by atoms with Crippen LogP contribution < -0.4 is 4.74 Å². The molecule has 2 aromatic heterocycles. The zero-order valence-corrected chi connectivity index (χ0v) is 11.7. The maximum Gasteiger partial charge on any atom is 0.216 e. The molecular formula is C15H19N3O. The van der Waals surface area contributed by atoms with Gasteiger partial charge in [0.05, 0.1) is 7.11 Å². The molecule has 0 aliphatic heterocycles. The highest BCUT2D eigenvalue weighted by Crippen LogP contribution is 2.18. The van der Waals surface area contributed by atoms with Crippen LogP contribution in [0.3, 0.4) is 0 Å². The molecule has 0 saturated carbocycles. The topological polar surface area (TPSA) is 47.9 Å². The Kier molecular flexibility index (Phi) is 4.44. The highest BCUT2D eigenvalue weighted by molar-refractivity contribution is 5.50. The van der Waals surface area contributed by atoms with Crippen LogP contribution in [-0.4, -0.2) is 22.1 Å². The van der Waals surface area contributed by atoms with E-state index in [0.717, 1.165) is 36.3 Å². The van der Waals surface area contributed by atoms with Crippen LogP contribution in [-0.2, 0) is 12.8 Å². The third-order valence-corrected chi connectivity index (χ3v) is 2.87. The van der Waals surface area contributed by atoms with Crippen molar-refractivity contribution in [3.8, 4) is 17.4 Å². The Morgan fingerprint density at radius 2 is 1.89 bits per heavy atom. The van der Waals surface area contributed by atoms with E-state index in [9.17, 15) is 0 Å². The highest BCUT2D eigenvalue weighted by Gasteiger charge is 2.08. The fourth-order valence-corrected chi connectivity index (χ4v) is 1.88. The number of hydrogen-bond donors (Lipinski definition) is 0. The minimum atomic E-state index is 0.595. The van der Waals surface area contributed by atoms with Crippen molar-refractivity contribution in [1.82, 2.24) is 15.0 Å². The SMILES string of the molecule is CCCc1cc(OC)nc(-c2cccc(CC)n2)n1. The van der Waals surface area contributed by atoms with E-state index in [-0.39, 0.29) is 0 Å². The first-order chi connectivity index (χ1) is 9.26. The lowest BCUT2D eigenvalue weighted by Crippen LogP contribution is -2.00. The average Bonchev–Trinajstić information content (AvgIpc) is 2.47. The first-order valence-electron chi connectivity index (χ1n) is 6.65. The molecule has 0 amide bonds. The number of aromatic nitrogens is 3. The second-order valence-electron chi connectivity index (χ2n) is 4.34. The Bertz CT molecular complexity index is 555. The minimum Gasteiger partial charge on any atom is -0.481 e. The molecular weight excluding hydrogens is 238 g/mol. The molecule has 0 fully saturated rings. The number of methoxy groups -OCH3 is 1. The van der Waals surface area contributed by atoms with Crippen LogP contribution in [0.2, 0.25) is 0 Å². The Labute approximate surface area is 113 Å². The van der Waals surface area contributed by atoms with Gasteiger partial charge in [-0.15, -0.1) is 0 Å². The van der Waals surface area contributed by atoms with Crippen molar-refractivity contribution in [2.45, 2.75) is 33.1 Å². The Balaban J connectivity index is 2.44. The lowest BCUT2D eigenvalue weighted by Gasteiger charge is -2.07. The molecule has 0 aliphatic rings. The van der Waals surface area contributed by atoms with Gasteiger partial charge in [-0.1, -0.05) is 26.3 Å². The van der Waals surface area contributed by atoms with Gasteiger partial charge in [-0.2, -0.15) is 4.98 Å². The monoisotopic (exact) mass is 257 g/mol. The summed E-state index contributed by atoms with van der Waals surface area (Å²) in [7, 11) is 1.62. The summed E-state index contributed by atoms with van der Waals surface area (Å²) in [5, 5.41) is 0. The molecule has 100 valence electrons. The normalized spacial score (nSPS) is 10.5. The number of rotatable bonds is 5. The zero-order valence-electron chi connectivity index (χ0n) is 11.7. The lowest BCUT2D eigenvalue weighted by atomic mass is 10.2. The highest BCUT2D eigenvalue weighted by atomic mass is 16.5. The summed E-state index contributed by atoms with van der Waals surface area (Å²) in [6.07, 6.45) is 2.86. The van der Waals surface area contributed by atoms with E-state index in [1.807, 2.05) is 24.3 Å². The van der Waals surface area contributed by atoms with Crippen LogP contribution >= 0.6 is 0 Å². The van der Waals surface area contributed by atoms with Crippen molar-refractivity contribution in [1.29, 1.82) is 0 Å². The fraction of sp³-hybridized carbons (Fsp3) is 0.400. The van der Waals surface area contributed by atoms with E-state index < -0.39 is 0 Å². The molecule has 0 saturated heterocycles. The van der Waals surface area contributed by atoms with Gasteiger partial charge >= 0.3 is 0 Å². The van der Waals surface area contributed by atoms with Crippen LogP contribution in [0.1, 0.15) is 31.7 Å². The van der Waals surface area contributed by atoms with Crippen molar-refractivity contribution in [3.63, 3.8) is 0 Å². The number of nitrogens with zero attached hydrogens (tertiary/aromatic N) is 3. The quantitative estimate of drug-likeness (QED) is 0.826. The maximum atomic E-state index is 5.24. The number of pyridine rings is 1. The van der Waals surface area contributed by atoms with Gasteiger partial charge in [0.15, 0.2) is 5.82 Å². The van der Waals surface area contributed by atoms with E-state index in [2.05, 4.69) is 28.8 Å². The summed E-state index contributed by atoms with van der Waals surface area (Å²) in [6.45, 7) is 4.21. The molecule has 0 unspecified atom stereocenters. The molecule has 4 nitrogen and oxygen atoms in total. The smallest absolute Gasteiger partial charge is 0.216 e. The first-order valence-corrected chi connectivity index (χ1v) is 6.65. The molecule has 0 N–H and O–H groups in total. The molecule has 0 bridgehead atoms. The van der Waals surface area contributed by atoms with E-state index in [4.69, 9.17) is 4.74 Å². The zero-order chi connectivity index (χ0) is 13.7. The van der Waals surface area contributed by atoms with Crippen molar-refractivity contribution in [2.24, 2.45) is 0 Å². The summed E-state index contributed by atoms with van der Waals surface area (Å²) in [5.41, 5.74) is 2.84. The van der Waals surface area contributed by atoms with Gasteiger partial charge in [0.25, 0.3) is 0 Å². The van der Waals surface area contributed by atoms with Crippen LogP contribution in [0, 0.1) is 0 Å². The second kappa shape index (κ2) is 6.27. The summed E-state index contributed by atoms with van der Waals surface area (Å²) in [6, 6.07) is 7.82. The number of aryl methyl sites for hydroxylation is 2. The van der Waals surface area contributed by atoms with Gasteiger partial charge in [0, 0.05) is 17.5 Å². The summed E-state index contributed by atoms with van der Waals surface area (Å²) in [5.74, 6) is 1.23. The van der Waals surface area contributed by atoms with E-state index in [0.29, 0.717) is 11.7 Å². The molecule has 2 heterocycles. The third kappa shape index (κ3) is 3.28. The van der Waals surface area contributed by atoms with E-state index >= 15 is 0 Å². The molecule has 19 heavy (non-hydrogen) atoms. The predicted molar refractivity (Wildman–Crippen MR) is 75.2 cm³/mol. The summed E-state index contributed by atoms with van der Waals surface area (Å²) < 4.78 is 5.24. The van der Waals surface area contributed by atoms with Gasteiger partial charge in [0.1, 0.15) is 5.69 Å². The van der Waals surface area contributed by atoms with Gasteiger partial charge in [-0.25, -0.2) is 9.97 Å². The van der Waals surface area contributed by atoms with Crippen molar-refractivity contribution in [2.75, 3.05) is 7.11 Å². The number of hydrogen-bond acceptors (Lipinski definition) is 4. The second-order valence-corrected chi connectivity index (χ2v) is 4.34. The van der Waals surface area contributed by atoms with Crippen molar-refractivity contribution < 1.29 is 4.74 Å². The molecule has 0 aliphatic carbocycles. The molecule has 0 atom stereocenters. The van der Waals surface area contributed by atoms with Crippen LogP contribution in [0.5, 0.6) is 5.88 Å². The van der Waals surface area contributed by atoms with Gasteiger partial charge in [-0.3, -0.25) is 0 Å². The minimum absolute atomic E-state index is 0.595. The van der Waals surface area contributed by atoms with E-state index in [1.54, 1.807) is 7.11 Å². The van der Waals surface area contributed by atoms with Crippen molar-refractivity contribution in [3.05, 3.63) is 35.7 Å². The number of ether oxygens (including phenoxy) is 1. The molecule has 4 heteroatoms. The predicted octanol–water partition coefficient (Wildman–Crippen LogP) is 3.06. The largest absolute Gasteiger partial charge is 0.481 e. The molecule has 0 aromatic carbocycles. The van der Waals surface area contributed by atoms with Gasteiger partial charge in [0.2, 0.25) is 5.88 Å². The van der Waals surface area contributed by atoms with Crippen molar-refractivity contribution >= 4 is 0 Å². The first kappa shape index (κ1) is 13.5. The van der Waals surface area contributed by atoms with E-state index in [1.165, 1.54) is 0 Å². The standard InChI is InChI=1S/C15H19N3O/c1-4-7-12-10-14(19-3)18-15(17-12)13-9-6-8-11(5-2)16-13/h6,8-10H,4-5,7H2,1-3H3. The Morgan fingerprint density at radius 1 is 1.05 bits per heavy atom. The van der Waals surface area contributed by atoms with Crippen LogP contribution in [0.4, 0.5) is 0 Å². The van der Waals surface area contributed by atoms with Gasteiger partial charge < -0.3 is 4.74 Å². The Morgan fingerprint density at radius 3 is 2.58 bits per heavy atom. The third-order valence-electron chi connectivity index (χ3n) is 2.87. The Hall–Kier alpha value is -1.97. The summed E-state index contributed by atoms with van der Waals surface area (Å²) in [4.78, 5) is 13.5. The average molecular weight is 257 g/mol. The van der Waals surface area contributed by atoms with Gasteiger partial charge in [-0.05, 0) is 25.0 Å². The fourth-order valence-electron chi connectivity index (χ4n) is 1.88. The lowest BCUT2D eigenvalue weighted by molar-refractivity contribution is 0.396. The molecule has 0 radical (unpaired) electrons. The van der Waals surface area contributed by atoms with Crippen LogP contribution in [0.25, 0.3) is 11.5 Å². The molecule has 2 rings (SSSR count). The molecule has 2 aromatic rings. The molecule has 0 spiro atoms.